The van der Waals surface area contributed by atoms with Crippen molar-refractivity contribution in [2.24, 2.45) is 0 Å². The summed E-state index contributed by atoms with van der Waals surface area (Å²) >= 11 is 0. The van der Waals surface area contributed by atoms with Crippen molar-refractivity contribution in [1.29, 1.82) is 0 Å². The first-order chi connectivity index (χ1) is 11.5. The van der Waals surface area contributed by atoms with Crippen molar-refractivity contribution in [3.05, 3.63) is 36.7 Å². The number of hydrogen-bond acceptors (Lipinski definition) is 6. The van der Waals surface area contributed by atoms with E-state index in [2.05, 4.69) is 30.7 Å². The highest BCUT2D eigenvalue weighted by molar-refractivity contribution is 6.00. The van der Waals surface area contributed by atoms with E-state index in [0.29, 0.717) is 23.0 Å². The van der Waals surface area contributed by atoms with Crippen molar-refractivity contribution in [2.45, 2.75) is 0 Å². The van der Waals surface area contributed by atoms with Gasteiger partial charge in [0.15, 0.2) is 0 Å². The highest BCUT2D eigenvalue weighted by Gasteiger charge is 2.06. The Bertz CT molecular complexity index is 717. The molecule has 0 spiro atoms. The van der Waals surface area contributed by atoms with Crippen LogP contribution in [0.15, 0.2) is 36.7 Å². The van der Waals surface area contributed by atoms with Gasteiger partial charge in [0.1, 0.15) is 0 Å². The molecule has 0 aliphatic heterocycles. The molecule has 9 nitrogen and oxygen atoms in total. The fraction of sp³-hybridized carbons (Fsp3) is 0.200. The predicted molar refractivity (Wildman–Crippen MR) is 91.5 cm³/mol. The van der Waals surface area contributed by atoms with Crippen LogP contribution in [-0.4, -0.2) is 43.3 Å². The number of urea groups is 1. The normalized spacial score (nSPS) is 9.79. The summed E-state index contributed by atoms with van der Waals surface area (Å²) in [7, 11) is 4.92. The number of nitrogens with zero attached hydrogens (tertiary/aromatic N) is 3. The fourth-order valence-corrected chi connectivity index (χ4v) is 1.75. The number of anilines is 4. The minimum atomic E-state index is -0.588. The van der Waals surface area contributed by atoms with E-state index in [1.54, 1.807) is 29.2 Å². The van der Waals surface area contributed by atoms with Crippen LogP contribution in [0.25, 0.3) is 0 Å². The first-order valence-electron chi connectivity index (χ1n) is 7.00. The average molecular weight is 330 g/mol. The molecule has 9 heteroatoms. The highest BCUT2D eigenvalue weighted by Crippen LogP contribution is 2.16. The zero-order valence-corrected chi connectivity index (χ0v) is 13.5. The maximum Gasteiger partial charge on any atom is 0.411 e. The van der Waals surface area contributed by atoms with E-state index in [1.165, 1.54) is 19.5 Å². The number of nitrogens with one attached hydrogen (secondary N) is 3. The molecule has 0 unspecified atom stereocenters. The third-order valence-corrected chi connectivity index (χ3v) is 2.85. The molecule has 0 aliphatic carbocycles. The Kier molecular flexibility index (Phi) is 5.50. The van der Waals surface area contributed by atoms with Crippen LogP contribution >= 0.6 is 0 Å². The van der Waals surface area contributed by atoms with Crippen molar-refractivity contribution in [1.82, 2.24) is 9.97 Å². The second kappa shape index (κ2) is 7.77. The molecule has 0 saturated carbocycles. The molecule has 0 atom stereocenters. The lowest BCUT2D eigenvalue weighted by atomic mass is 10.3. The molecule has 126 valence electrons. The highest BCUT2D eigenvalue weighted by atomic mass is 16.5. The van der Waals surface area contributed by atoms with Crippen molar-refractivity contribution < 1.29 is 14.3 Å². The molecule has 0 aliphatic rings. The molecule has 3 N–H and O–H groups in total. The second-order valence-electron chi connectivity index (χ2n) is 4.94. The molecular formula is C15H18N6O3. The maximum absolute atomic E-state index is 12.0. The molecule has 1 aromatic carbocycles. The Morgan fingerprint density at radius 3 is 2.17 bits per heavy atom. The van der Waals surface area contributed by atoms with Crippen molar-refractivity contribution in [3.8, 4) is 0 Å². The van der Waals surface area contributed by atoms with Gasteiger partial charge in [-0.1, -0.05) is 6.07 Å². The third kappa shape index (κ3) is 4.83. The summed E-state index contributed by atoms with van der Waals surface area (Å²) in [5, 5.41) is 7.79. The van der Waals surface area contributed by atoms with Gasteiger partial charge in [-0.2, -0.15) is 0 Å². The van der Waals surface area contributed by atoms with Crippen LogP contribution in [0.5, 0.6) is 0 Å². The van der Waals surface area contributed by atoms with E-state index in [1.807, 2.05) is 14.1 Å². The number of ether oxygens (including phenoxy) is 1. The number of carbonyl (C=O) groups is 2. The molecule has 2 rings (SSSR count). The van der Waals surface area contributed by atoms with E-state index in [0.717, 1.165) is 0 Å². The Labute approximate surface area is 139 Å². The molecule has 1 heterocycles. The van der Waals surface area contributed by atoms with Gasteiger partial charge in [0.05, 0.1) is 25.2 Å². The van der Waals surface area contributed by atoms with Gasteiger partial charge >= 0.3 is 12.1 Å². The van der Waals surface area contributed by atoms with E-state index >= 15 is 0 Å². The monoisotopic (exact) mass is 330 g/mol. The lowest BCUT2D eigenvalue weighted by Crippen LogP contribution is -2.20. The minimum absolute atomic E-state index is 0.452. The maximum atomic E-state index is 12.0. The van der Waals surface area contributed by atoms with E-state index < -0.39 is 12.1 Å². The van der Waals surface area contributed by atoms with Crippen LogP contribution in [0.3, 0.4) is 0 Å². The van der Waals surface area contributed by atoms with Gasteiger partial charge in [0, 0.05) is 25.5 Å². The Morgan fingerprint density at radius 2 is 1.58 bits per heavy atom. The Morgan fingerprint density at radius 1 is 1.00 bits per heavy atom. The van der Waals surface area contributed by atoms with Crippen LogP contribution in [0.2, 0.25) is 0 Å². The van der Waals surface area contributed by atoms with Crippen LogP contribution in [0.1, 0.15) is 0 Å². The lowest BCUT2D eigenvalue weighted by Gasteiger charge is -2.11. The van der Waals surface area contributed by atoms with Crippen LogP contribution < -0.4 is 20.9 Å². The standard InChI is InChI=1S/C15H18N6O3/c1-21(2)13-16-8-12(9-17-13)19-14(22)18-10-5-4-6-11(7-10)20-15(23)24-3/h4-9H,1-3H3,(H,20,23)(H2,18,19,22). The molecule has 24 heavy (non-hydrogen) atoms. The molecule has 0 bridgehead atoms. The molecule has 0 fully saturated rings. The van der Waals surface area contributed by atoms with Gasteiger partial charge in [0.2, 0.25) is 5.95 Å². The minimum Gasteiger partial charge on any atom is -0.453 e. The molecule has 0 radical (unpaired) electrons. The number of rotatable bonds is 4. The van der Waals surface area contributed by atoms with Gasteiger partial charge in [-0.15, -0.1) is 0 Å². The van der Waals surface area contributed by atoms with Gasteiger partial charge in [-0.3, -0.25) is 5.32 Å². The fourth-order valence-electron chi connectivity index (χ4n) is 1.75. The Hall–Kier alpha value is -3.36. The predicted octanol–water partition coefficient (Wildman–Crippen LogP) is 2.36. The van der Waals surface area contributed by atoms with Gasteiger partial charge in [-0.05, 0) is 18.2 Å². The van der Waals surface area contributed by atoms with Crippen LogP contribution in [0.4, 0.5) is 32.6 Å². The summed E-state index contributed by atoms with van der Waals surface area (Å²) in [6.45, 7) is 0. The summed E-state index contributed by atoms with van der Waals surface area (Å²) in [6.07, 6.45) is 2.43. The van der Waals surface area contributed by atoms with Gasteiger partial charge < -0.3 is 20.3 Å². The Balaban J connectivity index is 1.96. The number of aromatic nitrogens is 2. The first kappa shape index (κ1) is 17.0. The van der Waals surface area contributed by atoms with Crippen molar-refractivity contribution in [3.63, 3.8) is 0 Å². The van der Waals surface area contributed by atoms with Crippen molar-refractivity contribution in [2.75, 3.05) is 42.1 Å². The van der Waals surface area contributed by atoms with Crippen LogP contribution in [0, 0.1) is 0 Å². The van der Waals surface area contributed by atoms with E-state index in [4.69, 9.17) is 0 Å². The molecule has 0 saturated heterocycles. The largest absolute Gasteiger partial charge is 0.453 e. The van der Waals surface area contributed by atoms with E-state index in [9.17, 15) is 9.59 Å². The number of benzene rings is 1. The topological polar surface area (TPSA) is 108 Å². The molecule has 3 amide bonds. The summed E-state index contributed by atoms with van der Waals surface area (Å²) in [4.78, 5) is 33.1. The summed E-state index contributed by atoms with van der Waals surface area (Å²) in [5.74, 6) is 0.544. The first-order valence-corrected chi connectivity index (χ1v) is 7.00. The second-order valence-corrected chi connectivity index (χ2v) is 4.94. The van der Waals surface area contributed by atoms with Crippen molar-refractivity contribution >= 4 is 35.1 Å². The van der Waals surface area contributed by atoms with Gasteiger partial charge in [-0.25, -0.2) is 19.6 Å². The summed E-state index contributed by atoms with van der Waals surface area (Å²) < 4.78 is 4.51. The van der Waals surface area contributed by atoms with Crippen LogP contribution in [-0.2, 0) is 4.74 Å². The number of carbonyl (C=O) groups excluding carboxylic acids is 2. The lowest BCUT2D eigenvalue weighted by molar-refractivity contribution is 0.187. The average Bonchev–Trinajstić information content (AvgIpc) is 2.55. The zero-order valence-electron chi connectivity index (χ0n) is 13.5. The summed E-state index contributed by atoms with van der Waals surface area (Å²) in [6, 6.07) is 6.20. The number of amides is 3. The van der Waals surface area contributed by atoms with Gasteiger partial charge in [0.25, 0.3) is 0 Å². The number of hydrogen-bond donors (Lipinski definition) is 3. The third-order valence-electron chi connectivity index (χ3n) is 2.85. The zero-order chi connectivity index (χ0) is 17.5. The molecule has 1 aromatic heterocycles. The molecule has 2 aromatic rings. The number of methoxy groups -OCH3 is 1. The molecular weight excluding hydrogens is 312 g/mol. The SMILES string of the molecule is COC(=O)Nc1cccc(NC(=O)Nc2cnc(N(C)C)nc2)c1. The quantitative estimate of drug-likeness (QED) is 0.794. The van der Waals surface area contributed by atoms with E-state index in [-0.39, 0.29) is 0 Å². The summed E-state index contributed by atoms with van der Waals surface area (Å²) in [5.41, 5.74) is 1.47. The smallest absolute Gasteiger partial charge is 0.411 e.